The number of aromatic nitrogens is 6. The van der Waals surface area contributed by atoms with E-state index in [1.165, 1.54) is 0 Å². The zero-order valence-electron chi connectivity index (χ0n) is 17.1. The summed E-state index contributed by atoms with van der Waals surface area (Å²) in [7, 11) is 1.68. The van der Waals surface area contributed by atoms with Crippen LogP contribution in [0.5, 0.6) is 5.75 Å². The van der Waals surface area contributed by atoms with Crippen molar-refractivity contribution in [2.24, 2.45) is 0 Å². The van der Waals surface area contributed by atoms with E-state index in [9.17, 15) is 0 Å². The number of rotatable bonds is 9. The maximum absolute atomic E-state index is 5.44. The quantitative estimate of drug-likeness (QED) is 0.368. The molecule has 154 valence electrons. The number of benzene rings is 2. The van der Waals surface area contributed by atoms with Gasteiger partial charge in [-0.1, -0.05) is 61.5 Å². The van der Waals surface area contributed by atoms with Gasteiger partial charge in [0.15, 0.2) is 11.0 Å². The van der Waals surface area contributed by atoms with Crippen LogP contribution in [0, 0.1) is 0 Å². The minimum atomic E-state index is 0.645. The van der Waals surface area contributed by atoms with Gasteiger partial charge in [-0.15, -0.1) is 5.10 Å². The third kappa shape index (κ3) is 4.38. The van der Waals surface area contributed by atoms with E-state index in [4.69, 9.17) is 9.72 Å². The third-order valence-electron chi connectivity index (χ3n) is 4.77. The van der Waals surface area contributed by atoms with Gasteiger partial charge >= 0.3 is 0 Å². The molecular weight excluding hydrogens is 396 g/mol. The Morgan fingerprint density at radius 1 is 1.07 bits per heavy atom. The lowest BCUT2D eigenvalue weighted by Crippen LogP contribution is -2.06. The highest BCUT2D eigenvalue weighted by Gasteiger charge is 2.16. The molecule has 0 aliphatic rings. The number of thioether (sulfide) groups is 1. The first kappa shape index (κ1) is 20.2. The highest BCUT2D eigenvalue weighted by atomic mass is 32.2. The lowest BCUT2D eigenvalue weighted by atomic mass is 10.1. The average Bonchev–Trinajstić information content (AvgIpc) is 3.43. The minimum Gasteiger partial charge on any atom is -0.497 e. The van der Waals surface area contributed by atoms with Crippen LogP contribution in [-0.2, 0) is 12.3 Å². The number of nitrogens with zero attached hydrogens (tertiary/aromatic N) is 6. The largest absolute Gasteiger partial charge is 0.497 e. The number of hydrogen-bond donors (Lipinski definition) is 0. The number of ether oxygens (including phenoxy) is 1. The van der Waals surface area contributed by atoms with Gasteiger partial charge in [-0.2, -0.15) is 0 Å². The molecule has 4 rings (SSSR count). The average molecular weight is 421 g/mol. The van der Waals surface area contributed by atoms with Gasteiger partial charge in [0.05, 0.1) is 30.4 Å². The molecule has 0 fully saturated rings. The maximum Gasteiger partial charge on any atom is 0.173 e. The van der Waals surface area contributed by atoms with Gasteiger partial charge in [-0.25, -0.2) is 9.67 Å². The third-order valence-corrected chi connectivity index (χ3v) is 5.72. The van der Waals surface area contributed by atoms with Crippen LogP contribution < -0.4 is 4.74 Å². The molecule has 7 nitrogen and oxygen atoms in total. The summed E-state index contributed by atoms with van der Waals surface area (Å²) in [5.41, 5.74) is 3.13. The van der Waals surface area contributed by atoms with Gasteiger partial charge in [-0.3, -0.25) is 4.57 Å². The SMILES string of the molecule is CCCCn1nnnc1CSc1ncc(-c2ccccc2)n1-c1cccc(OC)c1. The summed E-state index contributed by atoms with van der Waals surface area (Å²) >= 11 is 1.62. The second-order valence-corrected chi connectivity index (χ2v) is 7.73. The van der Waals surface area contributed by atoms with Gasteiger partial charge in [-0.05, 0) is 29.0 Å². The Morgan fingerprint density at radius 3 is 2.73 bits per heavy atom. The number of imidazole rings is 1. The fraction of sp³-hybridized carbons (Fsp3) is 0.273. The summed E-state index contributed by atoms with van der Waals surface area (Å²) in [6, 6.07) is 18.3. The van der Waals surface area contributed by atoms with Crippen molar-refractivity contribution in [2.45, 2.75) is 37.2 Å². The van der Waals surface area contributed by atoms with Crippen LogP contribution in [-0.4, -0.2) is 36.9 Å². The van der Waals surface area contributed by atoms with Crippen molar-refractivity contribution in [3.8, 4) is 22.7 Å². The van der Waals surface area contributed by atoms with Crippen molar-refractivity contribution < 1.29 is 4.74 Å². The second-order valence-electron chi connectivity index (χ2n) is 6.79. The molecule has 0 N–H and O–H groups in total. The summed E-state index contributed by atoms with van der Waals surface area (Å²) in [6.45, 7) is 2.99. The van der Waals surface area contributed by atoms with Crippen LogP contribution in [0.4, 0.5) is 0 Å². The molecule has 0 unspecified atom stereocenters. The molecule has 0 radical (unpaired) electrons. The topological polar surface area (TPSA) is 70.7 Å². The van der Waals surface area contributed by atoms with Crippen molar-refractivity contribution in [3.63, 3.8) is 0 Å². The zero-order chi connectivity index (χ0) is 20.8. The van der Waals surface area contributed by atoms with Gasteiger partial charge in [0.1, 0.15) is 5.75 Å². The molecule has 0 atom stereocenters. The second kappa shape index (κ2) is 9.58. The number of unbranched alkanes of at least 4 members (excludes halogenated alkanes) is 1. The van der Waals surface area contributed by atoms with Gasteiger partial charge in [0.25, 0.3) is 0 Å². The molecule has 0 bridgehead atoms. The van der Waals surface area contributed by atoms with Gasteiger partial charge < -0.3 is 4.74 Å². The molecule has 0 spiro atoms. The lowest BCUT2D eigenvalue weighted by Gasteiger charge is -2.13. The Labute approximate surface area is 180 Å². The molecule has 0 aliphatic heterocycles. The Bertz CT molecular complexity index is 1090. The van der Waals surface area contributed by atoms with Crippen LogP contribution in [0.25, 0.3) is 16.9 Å². The summed E-state index contributed by atoms with van der Waals surface area (Å²) in [6.07, 6.45) is 4.07. The van der Waals surface area contributed by atoms with E-state index in [1.807, 2.05) is 47.3 Å². The molecular formula is C22H24N6OS. The Morgan fingerprint density at radius 2 is 1.93 bits per heavy atom. The predicted octanol–water partition coefficient (Wildman–Crippen LogP) is 4.63. The van der Waals surface area contributed by atoms with Crippen LogP contribution in [0.15, 0.2) is 66.0 Å². The molecule has 0 amide bonds. The standard InChI is InChI=1S/C22H24N6OS/c1-3-4-13-27-21(24-25-26-27)16-30-22-23-15-20(17-9-6-5-7-10-17)28(22)18-11-8-12-19(14-18)29-2/h5-12,14-15H,3-4,13,16H2,1-2H3. The predicted molar refractivity (Wildman–Crippen MR) is 118 cm³/mol. The maximum atomic E-state index is 5.44. The van der Waals surface area contributed by atoms with Gasteiger partial charge in [0.2, 0.25) is 0 Å². The van der Waals surface area contributed by atoms with E-state index in [1.54, 1.807) is 18.9 Å². The molecule has 8 heteroatoms. The van der Waals surface area contributed by atoms with Gasteiger partial charge in [0, 0.05) is 18.2 Å². The summed E-state index contributed by atoms with van der Waals surface area (Å²) in [5, 5.41) is 13.1. The molecule has 30 heavy (non-hydrogen) atoms. The van der Waals surface area contributed by atoms with E-state index < -0.39 is 0 Å². The zero-order valence-corrected chi connectivity index (χ0v) is 17.9. The van der Waals surface area contributed by atoms with Crippen LogP contribution >= 0.6 is 11.8 Å². The van der Waals surface area contributed by atoms with Crippen LogP contribution in [0.1, 0.15) is 25.6 Å². The van der Waals surface area contributed by atoms with E-state index in [0.29, 0.717) is 5.75 Å². The first-order chi connectivity index (χ1) is 14.8. The first-order valence-electron chi connectivity index (χ1n) is 9.95. The molecule has 2 aromatic heterocycles. The van der Waals surface area contributed by atoms with E-state index >= 15 is 0 Å². The normalized spacial score (nSPS) is 11.0. The highest BCUT2D eigenvalue weighted by molar-refractivity contribution is 7.98. The van der Waals surface area contributed by atoms with Crippen molar-refractivity contribution in [1.82, 2.24) is 29.8 Å². The van der Waals surface area contributed by atoms with E-state index in [-0.39, 0.29) is 0 Å². The van der Waals surface area contributed by atoms with Crippen molar-refractivity contribution in [2.75, 3.05) is 7.11 Å². The molecule has 4 aromatic rings. The minimum absolute atomic E-state index is 0.645. The van der Waals surface area contributed by atoms with Crippen molar-refractivity contribution >= 4 is 11.8 Å². The summed E-state index contributed by atoms with van der Waals surface area (Å²) < 4.78 is 9.48. The molecule has 0 aliphatic carbocycles. The fourth-order valence-corrected chi connectivity index (χ4v) is 4.11. The van der Waals surface area contributed by atoms with Crippen molar-refractivity contribution in [1.29, 1.82) is 0 Å². The Kier molecular flexibility index (Phi) is 6.44. The van der Waals surface area contributed by atoms with E-state index in [0.717, 1.165) is 53.1 Å². The summed E-state index contributed by atoms with van der Waals surface area (Å²) in [5.74, 6) is 2.31. The fourth-order valence-electron chi connectivity index (χ4n) is 3.19. The lowest BCUT2D eigenvalue weighted by molar-refractivity contribution is 0.414. The Hall–Kier alpha value is -3.13. The highest BCUT2D eigenvalue weighted by Crippen LogP contribution is 2.32. The first-order valence-corrected chi connectivity index (χ1v) is 10.9. The summed E-state index contributed by atoms with van der Waals surface area (Å²) in [4.78, 5) is 4.72. The number of hydrogen-bond acceptors (Lipinski definition) is 6. The monoisotopic (exact) mass is 420 g/mol. The Balaban J connectivity index is 1.68. The van der Waals surface area contributed by atoms with E-state index in [2.05, 4.69) is 45.2 Å². The van der Waals surface area contributed by atoms with Crippen LogP contribution in [0.2, 0.25) is 0 Å². The molecule has 0 saturated heterocycles. The smallest absolute Gasteiger partial charge is 0.173 e. The number of methoxy groups -OCH3 is 1. The number of aryl methyl sites for hydroxylation is 1. The molecule has 2 heterocycles. The number of tetrazole rings is 1. The molecule has 2 aromatic carbocycles. The van der Waals surface area contributed by atoms with Crippen molar-refractivity contribution in [3.05, 3.63) is 66.6 Å². The van der Waals surface area contributed by atoms with Crippen LogP contribution in [0.3, 0.4) is 0 Å². The molecule has 0 saturated carbocycles.